The molecule has 0 fully saturated rings. The van der Waals surface area contributed by atoms with Crippen LogP contribution >= 0.6 is 11.3 Å². The van der Waals surface area contributed by atoms with Crippen molar-refractivity contribution in [1.29, 1.82) is 0 Å². The number of aryl methyl sites for hydroxylation is 2. The third kappa shape index (κ3) is 3.52. The molecule has 0 saturated carbocycles. The number of benzene rings is 1. The highest BCUT2D eigenvalue weighted by molar-refractivity contribution is 7.19. The monoisotopic (exact) mass is 421 g/mol. The second-order valence-electron chi connectivity index (χ2n) is 7.46. The van der Waals surface area contributed by atoms with E-state index in [9.17, 15) is 0 Å². The van der Waals surface area contributed by atoms with Crippen LogP contribution in [0.25, 0.3) is 15.9 Å². The maximum absolute atomic E-state index is 5.55. The Morgan fingerprint density at radius 2 is 2.00 bits per heavy atom. The van der Waals surface area contributed by atoms with Gasteiger partial charge in [-0.05, 0) is 68.0 Å². The van der Waals surface area contributed by atoms with Crippen LogP contribution < -0.4 is 4.74 Å². The van der Waals surface area contributed by atoms with E-state index in [0.717, 1.165) is 45.7 Å². The van der Waals surface area contributed by atoms with Crippen LogP contribution in [0.1, 0.15) is 48.0 Å². The molecule has 1 aliphatic carbocycles. The van der Waals surface area contributed by atoms with Crippen molar-refractivity contribution >= 4 is 32.9 Å². The molecule has 8 heteroatoms. The summed E-state index contributed by atoms with van der Waals surface area (Å²) < 4.78 is 6.95. The Morgan fingerprint density at radius 1 is 1.17 bits per heavy atom. The lowest BCUT2D eigenvalue weighted by Gasteiger charge is -2.03. The summed E-state index contributed by atoms with van der Waals surface area (Å²) in [5, 5.41) is 9.93. The summed E-state index contributed by atoms with van der Waals surface area (Å²) >= 11 is 1.80. The quantitative estimate of drug-likeness (QED) is 0.268. The third-order valence-electron chi connectivity index (χ3n) is 5.49. The van der Waals surface area contributed by atoms with E-state index in [2.05, 4.69) is 15.2 Å². The van der Waals surface area contributed by atoms with Crippen molar-refractivity contribution in [2.24, 2.45) is 5.16 Å². The molecule has 0 spiro atoms. The number of oxime groups is 1. The smallest absolute Gasteiger partial charge is 0.192 e. The summed E-state index contributed by atoms with van der Waals surface area (Å²) in [5.74, 6) is 1.41. The van der Waals surface area contributed by atoms with E-state index in [-0.39, 0.29) is 6.61 Å². The normalized spacial score (nSPS) is 14.7. The third-order valence-corrected chi connectivity index (χ3v) is 6.69. The summed E-state index contributed by atoms with van der Waals surface area (Å²) in [5.41, 5.74) is 4.05. The molecule has 0 bridgehead atoms. The molecule has 1 aliphatic rings. The van der Waals surface area contributed by atoms with Crippen LogP contribution in [0, 0.1) is 0 Å². The lowest BCUT2D eigenvalue weighted by molar-refractivity contribution is 0.125. The lowest BCUT2D eigenvalue weighted by atomic mass is 10.1. The zero-order valence-corrected chi connectivity index (χ0v) is 17.9. The zero-order chi connectivity index (χ0) is 20.5. The lowest BCUT2D eigenvalue weighted by Crippen LogP contribution is -1.98. The van der Waals surface area contributed by atoms with Crippen molar-refractivity contribution in [2.45, 2.75) is 45.6 Å². The molecule has 7 nitrogen and oxygen atoms in total. The number of rotatable bonds is 5. The summed E-state index contributed by atoms with van der Waals surface area (Å²) in [6.45, 7) is 2.12. The van der Waals surface area contributed by atoms with Crippen molar-refractivity contribution in [1.82, 2.24) is 19.6 Å². The van der Waals surface area contributed by atoms with Crippen LogP contribution in [0.2, 0.25) is 0 Å². The van der Waals surface area contributed by atoms with Gasteiger partial charge in [-0.3, -0.25) is 0 Å². The molecule has 3 heterocycles. The first kappa shape index (κ1) is 19.0. The Kier molecular flexibility index (Phi) is 5.08. The van der Waals surface area contributed by atoms with Gasteiger partial charge in [-0.15, -0.1) is 16.4 Å². The largest absolute Gasteiger partial charge is 0.497 e. The Bertz CT molecular complexity index is 1230. The Hall–Kier alpha value is -3.00. The fourth-order valence-corrected chi connectivity index (χ4v) is 5.13. The van der Waals surface area contributed by atoms with E-state index < -0.39 is 0 Å². The fraction of sp³-hybridized carbons (Fsp3) is 0.364. The van der Waals surface area contributed by atoms with Gasteiger partial charge in [0.2, 0.25) is 0 Å². The van der Waals surface area contributed by atoms with Gasteiger partial charge in [0.1, 0.15) is 16.9 Å². The number of aromatic nitrogens is 4. The molecule has 0 aliphatic heterocycles. The van der Waals surface area contributed by atoms with E-state index >= 15 is 0 Å². The van der Waals surface area contributed by atoms with Crippen molar-refractivity contribution in [3.8, 4) is 5.75 Å². The molecule has 154 valence electrons. The molecule has 30 heavy (non-hydrogen) atoms. The van der Waals surface area contributed by atoms with E-state index in [1.54, 1.807) is 29.3 Å². The average molecular weight is 422 g/mol. The highest BCUT2D eigenvalue weighted by atomic mass is 32.1. The van der Waals surface area contributed by atoms with Crippen LogP contribution in [0.15, 0.2) is 35.7 Å². The van der Waals surface area contributed by atoms with Crippen molar-refractivity contribution in [3.05, 3.63) is 52.4 Å². The Balaban J connectivity index is 1.38. The van der Waals surface area contributed by atoms with Gasteiger partial charge >= 0.3 is 0 Å². The number of methoxy groups -OCH3 is 1. The first-order valence-corrected chi connectivity index (χ1v) is 11.0. The molecule has 4 aromatic rings. The number of fused-ring (bicyclic) bond motifs is 5. The van der Waals surface area contributed by atoms with Crippen molar-refractivity contribution in [3.63, 3.8) is 0 Å². The van der Waals surface area contributed by atoms with Gasteiger partial charge in [-0.2, -0.15) is 0 Å². The molecule has 3 aromatic heterocycles. The molecule has 0 N–H and O–H groups in total. The summed E-state index contributed by atoms with van der Waals surface area (Å²) in [6, 6.07) is 7.71. The molecular weight excluding hydrogens is 398 g/mol. The standard InChI is InChI=1S/C22H23N5O2S/c1-14(15-8-10-16(28-2)11-9-15)26-29-12-19-24-21-20-17-6-4-3-5-7-18(17)30-22(20)23-13-27(21)25-19/h8-11,13H,3-7,12H2,1-2H3. The molecule has 0 atom stereocenters. The SMILES string of the molecule is COc1ccc(C(C)=NOCc2nc3c4c5c(sc4ncn3n2)CCCCC5)cc1. The van der Waals surface area contributed by atoms with Gasteiger partial charge < -0.3 is 9.57 Å². The van der Waals surface area contributed by atoms with Crippen LogP contribution in [0.3, 0.4) is 0 Å². The van der Waals surface area contributed by atoms with Crippen LogP contribution in [0.5, 0.6) is 5.75 Å². The minimum Gasteiger partial charge on any atom is -0.497 e. The number of hydrogen-bond donors (Lipinski definition) is 0. The first-order valence-electron chi connectivity index (χ1n) is 10.2. The fourth-order valence-electron chi connectivity index (χ4n) is 3.91. The highest BCUT2D eigenvalue weighted by Crippen LogP contribution is 2.36. The molecule has 5 rings (SSSR count). The van der Waals surface area contributed by atoms with Crippen LogP contribution in [0.4, 0.5) is 0 Å². The average Bonchev–Trinajstić information content (AvgIpc) is 3.26. The van der Waals surface area contributed by atoms with Gasteiger partial charge in [0.15, 0.2) is 18.1 Å². The number of hydrogen-bond acceptors (Lipinski definition) is 7. The number of thiophene rings is 1. The van der Waals surface area contributed by atoms with Crippen LogP contribution in [-0.2, 0) is 24.3 Å². The zero-order valence-electron chi connectivity index (χ0n) is 17.1. The second-order valence-corrected chi connectivity index (χ2v) is 8.55. The predicted molar refractivity (Wildman–Crippen MR) is 117 cm³/mol. The van der Waals surface area contributed by atoms with E-state index in [0.29, 0.717) is 5.82 Å². The Morgan fingerprint density at radius 3 is 2.83 bits per heavy atom. The minimum absolute atomic E-state index is 0.211. The summed E-state index contributed by atoms with van der Waals surface area (Å²) in [6.07, 6.45) is 7.76. The van der Waals surface area contributed by atoms with E-state index in [4.69, 9.17) is 14.6 Å². The first-order chi connectivity index (χ1) is 14.7. The maximum atomic E-state index is 5.55. The topological polar surface area (TPSA) is 73.9 Å². The van der Waals surface area contributed by atoms with Gasteiger partial charge in [0.05, 0.1) is 18.2 Å². The van der Waals surface area contributed by atoms with Gasteiger partial charge in [0, 0.05) is 4.88 Å². The predicted octanol–water partition coefficient (Wildman–Crippen LogP) is 4.56. The number of ether oxygens (including phenoxy) is 1. The van der Waals surface area contributed by atoms with Gasteiger partial charge in [-0.25, -0.2) is 14.5 Å². The van der Waals surface area contributed by atoms with E-state index in [1.807, 2.05) is 31.2 Å². The van der Waals surface area contributed by atoms with Gasteiger partial charge in [0.25, 0.3) is 0 Å². The highest BCUT2D eigenvalue weighted by Gasteiger charge is 2.20. The molecule has 0 amide bonds. The molecule has 0 unspecified atom stereocenters. The van der Waals surface area contributed by atoms with E-state index in [1.165, 1.54) is 29.7 Å². The van der Waals surface area contributed by atoms with Crippen LogP contribution in [-0.4, -0.2) is 32.4 Å². The minimum atomic E-state index is 0.211. The molecular formula is C22H23N5O2S. The molecule has 0 saturated heterocycles. The van der Waals surface area contributed by atoms with Crippen molar-refractivity contribution in [2.75, 3.05) is 7.11 Å². The Labute approximate surface area is 178 Å². The van der Waals surface area contributed by atoms with Gasteiger partial charge in [-0.1, -0.05) is 11.6 Å². The summed E-state index contributed by atoms with van der Waals surface area (Å²) in [7, 11) is 1.65. The number of nitrogens with zero attached hydrogens (tertiary/aromatic N) is 5. The van der Waals surface area contributed by atoms with Crippen molar-refractivity contribution < 1.29 is 9.57 Å². The maximum Gasteiger partial charge on any atom is 0.192 e. The summed E-state index contributed by atoms with van der Waals surface area (Å²) in [4.78, 5) is 17.4. The molecule has 1 aromatic carbocycles. The molecule has 0 radical (unpaired) electrons. The second kappa shape index (κ2) is 8.02.